The third-order valence-corrected chi connectivity index (χ3v) is 2.37. The van der Waals surface area contributed by atoms with E-state index in [9.17, 15) is 0 Å². The maximum absolute atomic E-state index is 5.61. The fourth-order valence-electron chi connectivity index (χ4n) is 1.34. The quantitative estimate of drug-likeness (QED) is 0.790. The van der Waals surface area contributed by atoms with E-state index < -0.39 is 0 Å². The number of hydrogen-bond donors (Lipinski definition) is 2. The number of hydrogen-bond acceptors (Lipinski definition) is 4. The van der Waals surface area contributed by atoms with Crippen molar-refractivity contribution in [2.24, 2.45) is 5.73 Å². The van der Waals surface area contributed by atoms with Crippen molar-refractivity contribution in [1.82, 2.24) is 4.98 Å². The fourth-order valence-corrected chi connectivity index (χ4v) is 1.52. The molecule has 0 aliphatic carbocycles. The zero-order valence-electron chi connectivity index (χ0n) is 8.51. The van der Waals surface area contributed by atoms with Gasteiger partial charge in [0, 0.05) is 23.9 Å². The molecule has 0 saturated carbocycles. The lowest BCUT2D eigenvalue weighted by molar-refractivity contribution is 0.564. The van der Waals surface area contributed by atoms with E-state index in [1.165, 1.54) is 0 Å². The highest BCUT2D eigenvalue weighted by Gasteiger charge is 2.04. The van der Waals surface area contributed by atoms with E-state index in [0.29, 0.717) is 11.5 Å². The van der Waals surface area contributed by atoms with Gasteiger partial charge in [0.25, 0.3) is 0 Å². The van der Waals surface area contributed by atoms with Gasteiger partial charge in [0.15, 0.2) is 0 Å². The molecule has 2 aromatic rings. The van der Waals surface area contributed by atoms with E-state index in [0.717, 1.165) is 16.8 Å². The summed E-state index contributed by atoms with van der Waals surface area (Å²) in [4.78, 5) is 4.38. The van der Waals surface area contributed by atoms with Crippen LogP contribution in [0.15, 0.2) is 41.5 Å². The number of nitrogens with zero attached hydrogens (tertiary/aromatic N) is 1. The summed E-state index contributed by atoms with van der Waals surface area (Å²) >= 11 is 4.96. The molecule has 5 heteroatoms. The Balaban J connectivity index is 2.12. The molecule has 0 atom stereocenters. The first kappa shape index (κ1) is 10.6. The summed E-state index contributed by atoms with van der Waals surface area (Å²) in [7, 11) is 0. The Morgan fingerprint density at radius 2 is 2.38 bits per heavy atom. The number of aromatic nitrogens is 1. The van der Waals surface area contributed by atoms with Crippen LogP contribution in [0.1, 0.15) is 11.1 Å². The van der Waals surface area contributed by atoms with E-state index in [2.05, 4.69) is 10.3 Å². The minimum atomic E-state index is 0.358. The van der Waals surface area contributed by atoms with Crippen LogP contribution in [-0.4, -0.2) is 9.97 Å². The summed E-state index contributed by atoms with van der Waals surface area (Å²) in [6, 6.07) is 3.68. The van der Waals surface area contributed by atoms with Gasteiger partial charge >= 0.3 is 0 Å². The topological polar surface area (TPSA) is 64.1 Å². The van der Waals surface area contributed by atoms with Gasteiger partial charge in [0.2, 0.25) is 0 Å². The Morgan fingerprint density at radius 1 is 1.50 bits per heavy atom. The van der Waals surface area contributed by atoms with Crippen molar-refractivity contribution in [2.75, 3.05) is 5.32 Å². The third-order valence-electron chi connectivity index (χ3n) is 2.15. The lowest BCUT2D eigenvalue weighted by Gasteiger charge is -2.09. The Hall–Kier alpha value is -1.88. The number of anilines is 1. The normalized spacial score (nSPS) is 10.0. The van der Waals surface area contributed by atoms with Crippen LogP contribution in [0.5, 0.6) is 0 Å². The number of thiocarbonyl (C=S) groups is 1. The molecular weight excluding hydrogens is 222 g/mol. The number of nitrogens with two attached hydrogens (primary N) is 1. The van der Waals surface area contributed by atoms with E-state index in [1.54, 1.807) is 31.0 Å². The van der Waals surface area contributed by atoms with Crippen LogP contribution in [0.4, 0.5) is 5.69 Å². The number of furan rings is 1. The van der Waals surface area contributed by atoms with Gasteiger partial charge in [0.1, 0.15) is 4.99 Å². The van der Waals surface area contributed by atoms with E-state index in [4.69, 9.17) is 22.4 Å². The average Bonchev–Trinajstić information content (AvgIpc) is 2.79. The van der Waals surface area contributed by atoms with Gasteiger partial charge in [-0.25, -0.2) is 0 Å². The maximum Gasteiger partial charge on any atom is 0.106 e. The molecule has 0 fully saturated rings. The molecule has 0 aromatic carbocycles. The van der Waals surface area contributed by atoms with Gasteiger partial charge in [-0.3, -0.25) is 4.98 Å². The molecule has 4 nitrogen and oxygen atoms in total. The second-order valence-corrected chi connectivity index (χ2v) is 3.71. The molecular formula is C11H11N3OS. The van der Waals surface area contributed by atoms with Crippen molar-refractivity contribution in [2.45, 2.75) is 6.54 Å². The molecule has 16 heavy (non-hydrogen) atoms. The molecule has 0 aliphatic heterocycles. The molecule has 0 saturated heterocycles. The Morgan fingerprint density at radius 3 is 3.06 bits per heavy atom. The number of rotatable bonds is 4. The van der Waals surface area contributed by atoms with Crippen molar-refractivity contribution in [1.29, 1.82) is 0 Å². The van der Waals surface area contributed by atoms with Crippen LogP contribution in [0.3, 0.4) is 0 Å². The maximum atomic E-state index is 5.61. The Bertz CT molecular complexity index is 482. The molecule has 82 valence electrons. The van der Waals surface area contributed by atoms with Crippen LogP contribution in [0, 0.1) is 0 Å². The summed E-state index contributed by atoms with van der Waals surface area (Å²) < 4.78 is 4.97. The standard InChI is InChI=1S/C11H11N3OS/c12-11(16)9-1-3-13-6-10(9)14-5-8-2-4-15-7-8/h1-4,6-7,14H,5H2,(H2,12,16). The minimum Gasteiger partial charge on any atom is -0.472 e. The van der Waals surface area contributed by atoms with Crippen LogP contribution in [-0.2, 0) is 6.54 Å². The summed E-state index contributed by atoms with van der Waals surface area (Å²) in [6.07, 6.45) is 6.69. The van der Waals surface area contributed by atoms with Crippen molar-refractivity contribution in [3.8, 4) is 0 Å². The van der Waals surface area contributed by atoms with Gasteiger partial charge in [-0.1, -0.05) is 12.2 Å². The minimum absolute atomic E-state index is 0.358. The molecule has 0 spiro atoms. The van der Waals surface area contributed by atoms with Crippen LogP contribution >= 0.6 is 12.2 Å². The SMILES string of the molecule is NC(=S)c1ccncc1NCc1ccoc1. The van der Waals surface area contributed by atoms with Crippen molar-refractivity contribution in [3.05, 3.63) is 48.2 Å². The first-order valence-electron chi connectivity index (χ1n) is 4.76. The summed E-state index contributed by atoms with van der Waals surface area (Å²) in [6.45, 7) is 0.651. The Kier molecular flexibility index (Phi) is 3.16. The van der Waals surface area contributed by atoms with Crippen molar-refractivity contribution >= 4 is 22.9 Å². The second-order valence-electron chi connectivity index (χ2n) is 3.27. The monoisotopic (exact) mass is 233 g/mol. The zero-order valence-corrected chi connectivity index (χ0v) is 9.33. The lowest BCUT2D eigenvalue weighted by Crippen LogP contribution is -2.13. The van der Waals surface area contributed by atoms with Crippen molar-refractivity contribution in [3.63, 3.8) is 0 Å². The van der Waals surface area contributed by atoms with Crippen LogP contribution in [0.25, 0.3) is 0 Å². The second kappa shape index (κ2) is 4.76. The molecule has 3 N–H and O–H groups in total. The predicted octanol–water partition coefficient (Wildman–Crippen LogP) is 1.92. The van der Waals surface area contributed by atoms with Gasteiger partial charge < -0.3 is 15.5 Å². The van der Waals surface area contributed by atoms with E-state index >= 15 is 0 Å². The highest BCUT2D eigenvalue weighted by atomic mass is 32.1. The lowest BCUT2D eigenvalue weighted by atomic mass is 10.2. The molecule has 2 rings (SSSR count). The predicted molar refractivity (Wildman–Crippen MR) is 66.2 cm³/mol. The highest BCUT2D eigenvalue weighted by Crippen LogP contribution is 2.14. The summed E-state index contributed by atoms with van der Waals surface area (Å²) in [5.74, 6) is 0. The molecule has 0 bridgehead atoms. The smallest absolute Gasteiger partial charge is 0.106 e. The highest BCUT2D eigenvalue weighted by molar-refractivity contribution is 7.80. The van der Waals surface area contributed by atoms with Gasteiger partial charge in [-0.05, 0) is 12.1 Å². The average molecular weight is 233 g/mol. The number of pyridine rings is 1. The number of nitrogens with one attached hydrogen (secondary N) is 1. The largest absolute Gasteiger partial charge is 0.472 e. The molecule has 2 aromatic heterocycles. The van der Waals surface area contributed by atoms with Crippen LogP contribution < -0.4 is 11.1 Å². The molecule has 0 radical (unpaired) electrons. The van der Waals surface area contributed by atoms with E-state index in [-0.39, 0.29) is 0 Å². The third kappa shape index (κ3) is 2.38. The molecule has 2 heterocycles. The first-order valence-corrected chi connectivity index (χ1v) is 5.17. The molecule has 0 unspecified atom stereocenters. The van der Waals surface area contributed by atoms with Crippen LogP contribution in [0.2, 0.25) is 0 Å². The van der Waals surface area contributed by atoms with E-state index in [1.807, 2.05) is 6.07 Å². The Labute approximate surface area is 98.5 Å². The first-order chi connectivity index (χ1) is 7.77. The zero-order chi connectivity index (χ0) is 11.4. The summed E-state index contributed by atoms with van der Waals surface area (Å²) in [5.41, 5.74) is 8.29. The van der Waals surface area contributed by atoms with Gasteiger partial charge in [-0.2, -0.15) is 0 Å². The van der Waals surface area contributed by atoms with Gasteiger partial charge in [-0.15, -0.1) is 0 Å². The van der Waals surface area contributed by atoms with Gasteiger partial charge in [0.05, 0.1) is 24.4 Å². The molecule has 0 amide bonds. The van der Waals surface area contributed by atoms with Crippen molar-refractivity contribution < 1.29 is 4.42 Å². The molecule has 0 aliphatic rings. The summed E-state index contributed by atoms with van der Waals surface area (Å²) in [5, 5.41) is 3.21. The fraction of sp³-hybridized carbons (Fsp3) is 0.0909.